The Hall–Kier alpha value is -1.98. The third-order valence-corrected chi connectivity index (χ3v) is 8.13. The Kier molecular flexibility index (Phi) is 8.41. The van der Waals surface area contributed by atoms with E-state index in [2.05, 4.69) is 32.8 Å². The third-order valence-electron chi connectivity index (χ3n) is 7.41. The standard InChI is InChI=1S/C27H30F3IN2O3/c28-27(29,30)21-3-1-2-19(15-21)25(35)32-16-24(34)14-18-10-13-33(17-18)23-8-11-26(36,12-9-23)20-4-6-22(31)7-5-20/h1-7,15,18,23,36H,8-14,16-17H2,(H,32,35)/t18-,23?,26?/m0/s1. The molecule has 2 aliphatic rings. The highest BCUT2D eigenvalue weighted by molar-refractivity contribution is 14.1. The molecule has 1 atom stereocenters. The molecule has 1 amide bonds. The SMILES string of the molecule is O=C(CNC(=O)c1cccc(C(F)(F)F)c1)C[C@@H]1CCN(C2CCC(O)(c3ccc(I)cc3)CC2)C1. The van der Waals surface area contributed by atoms with Crippen molar-refractivity contribution < 1.29 is 27.9 Å². The Morgan fingerprint density at radius 1 is 1.08 bits per heavy atom. The van der Waals surface area contributed by atoms with Gasteiger partial charge in [0.25, 0.3) is 5.91 Å². The van der Waals surface area contributed by atoms with Crippen LogP contribution in [0.5, 0.6) is 0 Å². The number of nitrogens with one attached hydrogen (secondary N) is 1. The first-order chi connectivity index (χ1) is 17.0. The molecule has 1 saturated carbocycles. The van der Waals surface area contributed by atoms with E-state index in [9.17, 15) is 27.9 Å². The van der Waals surface area contributed by atoms with Crippen molar-refractivity contribution in [1.82, 2.24) is 10.2 Å². The number of hydrogen-bond donors (Lipinski definition) is 2. The van der Waals surface area contributed by atoms with Crippen LogP contribution in [0.1, 0.15) is 60.0 Å². The van der Waals surface area contributed by atoms with Crippen LogP contribution in [0.25, 0.3) is 0 Å². The van der Waals surface area contributed by atoms with Crippen molar-refractivity contribution in [1.29, 1.82) is 0 Å². The molecule has 194 valence electrons. The number of benzene rings is 2. The number of alkyl halides is 3. The highest BCUT2D eigenvalue weighted by Crippen LogP contribution is 2.40. The highest BCUT2D eigenvalue weighted by atomic mass is 127. The molecule has 0 radical (unpaired) electrons. The van der Waals surface area contributed by atoms with Crippen LogP contribution in [0.3, 0.4) is 0 Å². The van der Waals surface area contributed by atoms with Crippen LogP contribution >= 0.6 is 22.6 Å². The Labute approximate surface area is 222 Å². The van der Waals surface area contributed by atoms with Crippen molar-refractivity contribution in [3.8, 4) is 0 Å². The van der Waals surface area contributed by atoms with Crippen LogP contribution in [0, 0.1) is 9.49 Å². The lowest BCUT2D eigenvalue weighted by Gasteiger charge is -2.40. The molecule has 0 unspecified atom stereocenters. The summed E-state index contributed by atoms with van der Waals surface area (Å²) in [5.41, 5.74) is -0.828. The van der Waals surface area contributed by atoms with Crippen LogP contribution in [-0.4, -0.2) is 47.4 Å². The predicted octanol–water partition coefficient (Wildman–Crippen LogP) is 5.15. The number of nitrogens with zero attached hydrogens (tertiary/aromatic N) is 1. The number of rotatable bonds is 7. The van der Waals surface area contributed by atoms with E-state index in [0.717, 1.165) is 53.6 Å². The number of likely N-dealkylation sites (tertiary alicyclic amines) is 1. The monoisotopic (exact) mass is 614 g/mol. The molecule has 1 heterocycles. The first-order valence-electron chi connectivity index (χ1n) is 12.2. The van der Waals surface area contributed by atoms with Crippen LogP contribution in [0.2, 0.25) is 0 Å². The number of halogens is 4. The van der Waals surface area contributed by atoms with E-state index in [0.29, 0.717) is 25.3 Å². The first-order valence-corrected chi connectivity index (χ1v) is 13.3. The molecule has 2 N–H and O–H groups in total. The van der Waals surface area contributed by atoms with Crippen molar-refractivity contribution in [2.24, 2.45) is 5.92 Å². The average molecular weight is 614 g/mol. The van der Waals surface area contributed by atoms with Crippen molar-refractivity contribution >= 4 is 34.3 Å². The molecule has 4 rings (SSSR count). The summed E-state index contributed by atoms with van der Waals surface area (Å²) in [6.45, 7) is 1.51. The first kappa shape index (κ1) is 27.1. The van der Waals surface area contributed by atoms with Gasteiger partial charge in [-0.25, -0.2) is 0 Å². The number of carbonyl (C=O) groups excluding carboxylic acids is 2. The lowest BCUT2D eigenvalue weighted by atomic mass is 9.77. The van der Waals surface area contributed by atoms with Gasteiger partial charge in [-0.15, -0.1) is 0 Å². The Morgan fingerprint density at radius 3 is 2.44 bits per heavy atom. The largest absolute Gasteiger partial charge is 0.416 e. The van der Waals surface area contributed by atoms with Gasteiger partial charge < -0.3 is 15.3 Å². The van der Waals surface area contributed by atoms with Gasteiger partial charge >= 0.3 is 6.18 Å². The van der Waals surface area contributed by atoms with Crippen molar-refractivity contribution in [2.75, 3.05) is 19.6 Å². The van der Waals surface area contributed by atoms with Crippen LogP contribution in [0.15, 0.2) is 48.5 Å². The minimum atomic E-state index is -4.53. The summed E-state index contributed by atoms with van der Waals surface area (Å²) in [6, 6.07) is 12.6. The van der Waals surface area contributed by atoms with E-state index < -0.39 is 23.2 Å². The number of Topliss-reactive ketones (excluding diaryl/α,β-unsaturated/α-hetero) is 1. The molecule has 36 heavy (non-hydrogen) atoms. The zero-order chi connectivity index (χ0) is 25.9. The number of aliphatic hydroxyl groups is 1. The van der Waals surface area contributed by atoms with Gasteiger partial charge in [0.2, 0.25) is 0 Å². The second-order valence-corrected chi connectivity index (χ2v) is 11.2. The average Bonchev–Trinajstić information content (AvgIpc) is 3.31. The molecule has 0 aromatic heterocycles. The third kappa shape index (κ3) is 6.66. The zero-order valence-electron chi connectivity index (χ0n) is 19.9. The molecule has 2 fully saturated rings. The molecule has 2 aromatic rings. The summed E-state index contributed by atoms with van der Waals surface area (Å²) < 4.78 is 39.7. The molecule has 1 saturated heterocycles. The maximum Gasteiger partial charge on any atom is 0.416 e. The minimum Gasteiger partial charge on any atom is -0.385 e. The van der Waals surface area contributed by atoms with Crippen LogP contribution in [-0.2, 0) is 16.6 Å². The van der Waals surface area contributed by atoms with Gasteiger partial charge in [0.15, 0.2) is 5.78 Å². The van der Waals surface area contributed by atoms with E-state index >= 15 is 0 Å². The maximum absolute atomic E-state index is 12.9. The second kappa shape index (κ2) is 11.2. The van der Waals surface area contributed by atoms with Gasteiger partial charge in [-0.1, -0.05) is 18.2 Å². The van der Waals surface area contributed by atoms with Gasteiger partial charge in [-0.2, -0.15) is 13.2 Å². The van der Waals surface area contributed by atoms with Gasteiger partial charge in [0.05, 0.1) is 17.7 Å². The number of carbonyl (C=O) groups is 2. The van der Waals surface area contributed by atoms with E-state index in [1.807, 2.05) is 24.3 Å². The zero-order valence-corrected chi connectivity index (χ0v) is 22.0. The van der Waals surface area contributed by atoms with Crippen LogP contribution in [0.4, 0.5) is 13.2 Å². The maximum atomic E-state index is 12.9. The van der Waals surface area contributed by atoms with E-state index in [1.165, 1.54) is 12.1 Å². The van der Waals surface area contributed by atoms with Gasteiger partial charge in [0, 0.05) is 28.1 Å². The molecule has 0 spiro atoms. The van der Waals surface area contributed by atoms with E-state index in [-0.39, 0.29) is 23.8 Å². The number of hydrogen-bond acceptors (Lipinski definition) is 4. The molecule has 1 aliphatic heterocycles. The summed E-state index contributed by atoms with van der Waals surface area (Å²) in [5, 5.41) is 13.6. The Morgan fingerprint density at radius 2 is 1.78 bits per heavy atom. The van der Waals surface area contributed by atoms with Gasteiger partial charge in [-0.05, 0) is 103 Å². The lowest BCUT2D eigenvalue weighted by Crippen LogP contribution is -2.41. The van der Waals surface area contributed by atoms with Crippen molar-refractivity contribution in [2.45, 2.75) is 56.3 Å². The van der Waals surface area contributed by atoms with E-state index in [4.69, 9.17) is 0 Å². The molecular formula is C27H30F3IN2O3. The summed E-state index contributed by atoms with van der Waals surface area (Å²) in [7, 11) is 0. The fraction of sp³-hybridized carbons (Fsp3) is 0.481. The Bertz CT molecular complexity index is 1080. The lowest BCUT2D eigenvalue weighted by molar-refractivity contribution is -0.137. The molecular weight excluding hydrogens is 584 g/mol. The predicted molar refractivity (Wildman–Crippen MR) is 138 cm³/mol. The Balaban J connectivity index is 1.21. The molecule has 9 heteroatoms. The summed E-state index contributed by atoms with van der Waals surface area (Å²) in [5.74, 6) is -0.621. The number of amides is 1. The molecule has 1 aliphatic carbocycles. The summed E-state index contributed by atoms with van der Waals surface area (Å²) in [6.07, 6.45) is -0.0893. The molecule has 5 nitrogen and oxygen atoms in total. The quantitative estimate of drug-likeness (QED) is 0.424. The second-order valence-electron chi connectivity index (χ2n) is 9.92. The summed E-state index contributed by atoms with van der Waals surface area (Å²) in [4.78, 5) is 27.1. The van der Waals surface area contributed by atoms with E-state index in [1.54, 1.807) is 0 Å². The number of ketones is 1. The van der Waals surface area contributed by atoms with Crippen LogP contribution < -0.4 is 5.32 Å². The van der Waals surface area contributed by atoms with Crippen molar-refractivity contribution in [3.05, 3.63) is 68.8 Å². The smallest absolute Gasteiger partial charge is 0.385 e. The fourth-order valence-electron chi connectivity index (χ4n) is 5.37. The molecule has 2 aromatic carbocycles. The van der Waals surface area contributed by atoms with Gasteiger partial charge in [0.1, 0.15) is 0 Å². The normalized spacial score (nSPS) is 25.0. The van der Waals surface area contributed by atoms with Crippen molar-refractivity contribution in [3.63, 3.8) is 0 Å². The topological polar surface area (TPSA) is 69.6 Å². The van der Waals surface area contributed by atoms with Gasteiger partial charge in [-0.3, -0.25) is 9.59 Å². The molecule has 0 bridgehead atoms. The fourth-order valence-corrected chi connectivity index (χ4v) is 5.73. The highest BCUT2D eigenvalue weighted by Gasteiger charge is 2.38. The summed E-state index contributed by atoms with van der Waals surface area (Å²) >= 11 is 2.26. The minimum absolute atomic E-state index is 0.118.